The van der Waals surface area contributed by atoms with E-state index in [1.807, 2.05) is 66.7 Å². The fourth-order valence-corrected chi connectivity index (χ4v) is 2.98. The Labute approximate surface area is 155 Å². The Morgan fingerprint density at radius 3 is 1.85 bits per heavy atom. The summed E-state index contributed by atoms with van der Waals surface area (Å²) in [5, 5.41) is 13.5. The van der Waals surface area contributed by atoms with Crippen LogP contribution in [0.5, 0.6) is 0 Å². The van der Waals surface area contributed by atoms with Crippen LogP contribution in [0.2, 0.25) is 0 Å². The Balaban J connectivity index is 1.72. The number of hydrogen-bond donors (Lipinski definition) is 2. The van der Waals surface area contributed by atoms with Crippen molar-refractivity contribution in [3.63, 3.8) is 0 Å². The molecule has 3 rings (SSSR count). The zero-order valence-corrected chi connectivity index (χ0v) is 14.8. The van der Waals surface area contributed by atoms with Crippen molar-refractivity contribution in [2.24, 2.45) is 0 Å². The molecule has 3 aromatic rings. The zero-order valence-electron chi connectivity index (χ0n) is 14.8. The molecule has 0 fully saturated rings. The van der Waals surface area contributed by atoms with Gasteiger partial charge >= 0.3 is 0 Å². The quantitative estimate of drug-likeness (QED) is 0.612. The van der Waals surface area contributed by atoms with Gasteiger partial charge in [0.2, 0.25) is 0 Å². The van der Waals surface area contributed by atoms with Crippen LogP contribution in [-0.2, 0) is 17.9 Å². The van der Waals surface area contributed by atoms with Gasteiger partial charge in [-0.25, -0.2) is 0 Å². The van der Waals surface area contributed by atoms with Gasteiger partial charge in [-0.3, -0.25) is 0 Å². The van der Waals surface area contributed by atoms with Crippen LogP contribution in [0.3, 0.4) is 0 Å². The molecule has 0 saturated carbocycles. The Bertz CT molecular complexity index is 747. The molecule has 0 amide bonds. The van der Waals surface area contributed by atoms with Crippen molar-refractivity contribution in [3.05, 3.63) is 108 Å². The first-order chi connectivity index (χ1) is 12.9. The van der Waals surface area contributed by atoms with Crippen LogP contribution in [0.25, 0.3) is 0 Å². The van der Waals surface area contributed by atoms with E-state index in [4.69, 9.17) is 4.74 Å². The van der Waals surface area contributed by atoms with E-state index < -0.39 is 0 Å². The number of ether oxygens (including phenoxy) is 1. The summed E-state index contributed by atoms with van der Waals surface area (Å²) in [5.41, 5.74) is 3.41. The molecule has 0 aliphatic rings. The predicted molar refractivity (Wildman–Crippen MR) is 105 cm³/mol. The van der Waals surface area contributed by atoms with Gasteiger partial charge in [0.15, 0.2) is 0 Å². The molecule has 2 N–H and O–H groups in total. The maximum Gasteiger partial charge on any atom is 0.100 e. The molecule has 0 aromatic heterocycles. The highest BCUT2D eigenvalue weighted by Gasteiger charge is 2.23. The second-order valence-corrected chi connectivity index (χ2v) is 6.27. The van der Waals surface area contributed by atoms with E-state index in [2.05, 4.69) is 29.6 Å². The van der Waals surface area contributed by atoms with Gasteiger partial charge in [-0.2, -0.15) is 0 Å². The van der Waals surface area contributed by atoms with Crippen LogP contribution >= 0.6 is 0 Å². The highest BCUT2D eigenvalue weighted by molar-refractivity contribution is 5.22. The first-order valence-corrected chi connectivity index (χ1v) is 8.95. The largest absolute Gasteiger partial charge is 0.394 e. The molecule has 0 saturated heterocycles. The molecular weight excluding hydrogens is 322 g/mol. The third-order valence-electron chi connectivity index (χ3n) is 4.39. The molecule has 3 aromatic carbocycles. The predicted octanol–water partition coefficient (Wildman–Crippen LogP) is 4.10. The molecule has 0 spiro atoms. The van der Waals surface area contributed by atoms with Crippen molar-refractivity contribution in [1.82, 2.24) is 5.32 Å². The maximum absolute atomic E-state index is 9.97. The van der Waals surface area contributed by atoms with Crippen molar-refractivity contribution in [1.29, 1.82) is 0 Å². The van der Waals surface area contributed by atoms with Crippen LogP contribution in [0.1, 0.15) is 22.7 Å². The summed E-state index contributed by atoms with van der Waals surface area (Å²) in [6.45, 7) is 1.14. The minimum absolute atomic E-state index is 0.0474. The molecule has 2 atom stereocenters. The van der Waals surface area contributed by atoms with Crippen molar-refractivity contribution >= 4 is 0 Å². The Morgan fingerprint density at radius 1 is 0.731 bits per heavy atom. The fraction of sp³-hybridized carbons (Fsp3) is 0.217. The summed E-state index contributed by atoms with van der Waals surface area (Å²) >= 11 is 0. The fourth-order valence-electron chi connectivity index (χ4n) is 2.98. The van der Waals surface area contributed by atoms with Crippen molar-refractivity contribution in [2.75, 3.05) is 6.61 Å². The Kier molecular flexibility index (Phi) is 6.96. The summed E-state index contributed by atoms with van der Waals surface area (Å²) in [5.74, 6) is 0. The smallest absolute Gasteiger partial charge is 0.100 e. The third kappa shape index (κ3) is 5.27. The van der Waals surface area contributed by atoms with Gasteiger partial charge in [0.25, 0.3) is 0 Å². The van der Waals surface area contributed by atoms with Crippen LogP contribution in [0, 0.1) is 0 Å². The van der Waals surface area contributed by atoms with Gasteiger partial charge in [-0.1, -0.05) is 91.0 Å². The van der Waals surface area contributed by atoms with Gasteiger partial charge in [-0.05, 0) is 16.7 Å². The second kappa shape index (κ2) is 9.88. The molecule has 26 heavy (non-hydrogen) atoms. The summed E-state index contributed by atoms with van der Waals surface area (Å²) in [7, 11) is 0. The zero-order chi connectivity index (χ0) is 18.0. The topological polar surface area (TPSA) is 41.5 Å². The Morgan fingerprint density at radius 2 is 1.27 bits per heavy atom. The van der Waals surface area contributed by atoms with Crippen LogP contribution in [-0.4, -0.2) is 17.8 Å². The van der Waals surface area contributed by atoms with Crippen molar-refractivity contribution in [2.45, 2.75) is 25.3 Å². The van der Waals surface area contributed by atoms with Crippen LogP contribution < -0.4 is 5.32 Å². The maximum atomic E-state index is 9.97. The molecule has 3 heteroatoms. The number of aliphatic hydroxyl groups is 1. The number of nitrogens with one attached hydrogen (secondary N) is 1. The highest BCUT2D eigenvalue weighted by Crippen LogP contribution is 2.21. The lowest BCUT2D eigenvalue weighted by Gasteiger charge is -2.27. The number of benzene rings is 3. The van der Waals surface area contributed by atoms with E-state index in [9.17, 15) is 5.11 Å². The highest BCUT2D eigenvalue weighted by atomic mass is 16.5. The summed E-state index contributed by atoms with van der Waals surface area (Å²) in [6.07, 6.45) is -0.332. The number of hydrogen-bond acceptors (Lipinski definition) is 3. The Hall–Kier alpha value is -2.46. The van der Waals surface area contributed by atoms with E-state index >= 15 is 0 Å². The normalized spacial score (nSPS) is 13.3. The van der Waals surface area contributed by atoms with Crippen LogP contribution in [0.15, 0.2) is 91.0 Å². The minimum Gasteiger partial charge on any atom is -0.394 e. The monoisotopic (exact) mass is 347 g/mol. The average Bonchev–Trinajstić information content (AvgIpc) is 2.72. The first-order valence-electron chi connectivity index (χ1n) is 8.95. The van der Waals surface area contributed by atoms with Gasteiger partial charge in [0.05, 0.1) is 19.3 Å². The molecule has 0 bridgehead atoms. The number of rotatable bonds is 9. The van der Waals surface area contributed by atoms with Gasteiger partial charge < -0.3 is 15.2 Å². The van der Waals surface area contributed by atoms with Crippen LogP contribution in [0.4, 0.5) is 0 Å². The number of aliphatic hydroxyl groups excluding tert-OH is 1. The van der Waals surface area contributed by atoms with Gasteiger partial charge in [0, 0.05) is 6.54 Å². The van der Waals surface area contributed by atoms with Gasteiger partial charge in [0.1, 0.15) is 6.10 Å². The molecule has 0 unspecified atom stereocenters. The molecule has 0 heterocycles. The second-order valence-electron chi connectivity index (χ2n) is 6.27. The lowest BCUT2D eigenvalue weighted by molar-refractivity contribution is -0.0210. The SMILES string of the molecule is OC[C@@H](OCc1ccccc1)[C@@H](NCc1ccccc1)c1ccccc1. The van der Waals surface area contributed by atoms with E-state index in [1.54, 1.807) is 0 Å². The first kappa shape index (κ1) is 18.3. The standard InChI is InChI=1S/C23H25NO2/c25-17-22(26-18-20-12-6-2-7-13-20)23(21-14-8-3-9-15-21)24-16-19-10-4-1-5-11-19/h1-15,22-25H,16-18H2/t22-,23+/m1/s1. The minimum atomic E-state index is -0.332. The lowest BCUT2D eigenvalue weighted by atomic mass is 10.0. The molecule has 0 radical (unpaired) electrons. The molecule has 0 aliphatic carbocycles. The van der Waals surface area contributed by atoms with E-state index in [0.717, 1.165) is 11.1 Å². The van der Waals surface area contributed by atoms with Crippen molar-refractivity contribution in [3.8, 4) is 0 Å². The summed E-state index contributed by atoms with van der Waals surface area (Å²) < 4.78 is 6.07. The van der Waals surface area contributed by atoms with Crippen molar-refractivity contribution < 1.29 is 9.84 Å². The van der Waals surface area contributed by atoms with Gasteiger partial charge in [-0.15, -0.1) is 0 Å². The molecule has 134 valence electrons. The summed E-state index contributed by atoms with van der Waals surface area (Å²) in [6, 6.07) is 30.4. The van der Waals surface area contributed by atoms with E-state index in [1.165, 1.54) is 5.56 Å². The lowest BCUT2D eigenvalue weighted by Crippen LogP contribution is -2.36. The summed E-state index contributed by atoms with van der Waals surface area (Å²) in [4.78, 5) is 0. The molecule has 3 nitrogen and oxygen atoms in total. The van der Waals surface area contributed by atoms with E-state index in [-0.39, 0.29) is 18.8 Å². The third-order valence-corrected chi connectivity index (χ3v) is 4.39. The average molecular weight is 347 g/mol. The molecular formula is C23H25NO2. The molecule has 0 aliphatic heterocycles. The van der Waals surface area contributed by atoms with E-state index in [0.29, 0.717) is 13.2 Å².